The predicted octanol–water partition coefficient (Wildman–Crippen LogP) is 6.91. The highest BCUT2D eigenvalue weighted by atomic mass is 16.6. The molecule has 0 spiro atoms. The minimum absolute atomic E-state index is 0.343. The van der Waals surface area contributed by atoms with Gasteiger partial charge >= 0.3 is 0 Å². The van der Waals surface area contributed by atoms with Crippen LogP contribution in [0.15, 0.2) is 134 Å². The number of hydrogen-bond acceptors (Lipinski definition) is 5. The molecule has 1 aliphatic rings. The van der Waals surface area contributed by atoms with Crippen LogP contribution in [0.3, 0.4) is 0 Å². The van der Waals surface area contributed by atoms with Gasteiger partial charge in [-0.15, -0.1) is 6.58 Å². The first-order chi connectivity index (χ1) is 20.3. The molecular weight excluding hydrogens is 512 g/mol. The predicted molar refractivity (Wildman–Crippen MR) is 160 cm³/mol. The van der Waals surface area contributed by atoms with Crippen LogP contribution < -0.4 is 0 Å². The molecule has 0 amide bonds. The highest BCUT2D eigenvalue weighted by Gasteiger charge is 2.47. The Balaban J connectivity index is 1.39. The minimum Gasteiger partial charge on any atom is -0.374 e. The maximum atomic E-state index is 6.66. The van der Waals surface area contributed by atoms with Gasteiger partial charge in [-0.3, -0.25) is 0 Å². The first kappa shape index (κ1) is 28.9. The van der Waals surface area contributed by atoms with E-state index < -0.39 is 24.4 Å². The van der Waals surface area contributed by atoms with E-state index in [0.717, 1.165) is 22.3 Å². The summed E-state index contributed by atoms with van der Waals surface area (Å²) in [7, 11) is 0. The van der Waals surface area contributed by atoms with E-state index in [-0.39, 0.29) is 6.10 Å². The molecule has 1 aliphatic heterocycles. The third kappa shape index (κ3) is 8.46. The van der Waals surface area contributed by atoms with Crippen LogP contribution in [-0.4, -0.2) is 37.1 Å². The summed E-state index contributed by atoms with van der Waals surface area (Å²) in [5.74, 6) is 0. The largest absolute Gasteiger partial charge is 0.374 e. The van der Waals surface area contributed by atoms with Gasteiger partial charge in [-0.05, 0) is 22.3 Å². The summed E-state index contributed by atoms with van der Waals surface area (Å²) in [6.07, 6.45) is -0.283. The number of ether oxygens (including phenoxy) is 5. The lowest BCUT2D eigenvalue weighted by molar-refractivity contribution is -0.263. The van der Waals surface area contributed by atoms with Gasteiger partial charge in [0.1, 0.15) is 30.5 Å². The molecule has 4 aromatic carbocycles. The van der Waals surface area contributed by atoms with Crippen LogP contribution in [0, 0.1) is 0 Å². The summed E-state index contributed by atoms with van der Waals surface area (Å²) in [6, 6.07) is 40.5. The van der Waals surface area contributed by atoms with Crippen molar-refractivity contribution in [2.24, 2.45) is 0 Å². The molecular formula is C36H38O5. The van der Waals surface area contributed by atoms with Gasteiger partial charge in [0.25, 0.3) is 0 Å². The average molecular weight is 551 g/mol. The second-order valence-electron chi connectivity index (χ2n) is 10.2. The molecule has 0 N–H and O–H groups in total. The number of benzene rings is 4. The fourth-order valence-corrected chi connectivity index (χ4v) is 5.01. The van der Waals surface area contributed by atoms with Crippen molar-refractivity contribution in [3.63, 3.8) is 0 Å². The molecule has 1 fully saturated rings. The Hall–Kier alpha value is -3.58. The molecule has 1 saturated heterocycles. The summed E-state index contributed by atoms with van der Waals surface area (Å²) in [5.41, 5.74) is 4.33. The first-order valence-corrected chi connectivity index (χ1v) is 14.2. The van der Waals surface area contributed by atoms with Crippen LogP contribution in [0.2, 0.25) is 0 Å². The Labute approximate surface area is 243 Å². The topological polar surface area (TPSA) is 46.2 Å². The number of rotatable bonds is 14. The van der Waals surface area contributed by atoms with E-state index in [2.05, 4.69) is 55.1 Å². The van der Waals surface area contributed by atoms with Crippen molar-refractivity contribution in [3.05, 3.63) is 156 Å². The van der Waals surface area contributed by atoms with Gasteiger partial charge in [0.2, 0.25) is 0 Å². The lowest BCUT2D eigenvalue weighted by Gasteiger charge is -2.45. The van der Waals surface area contributed by atoms with Crippen LogP contribution in [0.25, 0.3) is 0 Å². The van der Waals surface area contributed by atoms with Gasteiger partial charge < -0.3 is 23.7 Å². The molecule has 5 atom stereocenters. The molecule has 5 rings (SSSR count). The average Bonchev–Trinajstić information content (AvgIpc) is 3.04. The molecule has 212 valence electrons. The molecule has 0 aliphatic carbocycles. The van der Waals surface area contributed by atoms with E-state index in [1.165, 1.54) is 0 Å². The fourth-order valence-electron chi connectivity index (χ4n) is 5.01. The van der Waals surface area contributed by atoms with Crippen LogP contribution in [0.4, 0.5) is 0 Å². The third-order valence-electron chi connectivity index (χ3n) is 7.15. The minimum atomic E-state index is -0.438. The molecule has 41 heavy (non-hydrogen) atoms. The van der Waals surface area contributed by atoms with E-state index in [1.807, 2.05) is 72.8 Å². The maximum Gasteiger partial charge on any atom is 0.116 e. The molecule has 1 heterocycles. The van der Waals surface area contributed by atoms with Crippen LogP contribution in [-0.2, 0) is 50.1 Å². The fraction of sp³-hybridized carbons (Fsp3) is 0.278. The zero-order chi connectivity index (χ0) is 28.1. The second-order valence-corrected chi connectivity index (χ2v) is 10.2. The standard InChI is InChI=1S/C36H38O5/c1-2-32-34(38-24-29-17-9-4-10-18-29)36(40-26-31-21-13-6-14-22-31)35(39-25-30-19-11-5-12-20-30)33(41-32)27-37-23-28-15-7-3-8-16-28/h2-22,32-36H,1,23-27H2/t32-,33?,34?,35+,36?/m1/s1. The highest BCUT2D eigenvalue weighted by Crippen LogP contribution is 2.31. The van der Waals surface area contributed by atoms with E-state index in [9.17, 15) is 0 Å². The Morgan fingerprint density at radius 1 is 0.512 bits per heavy atom. The van der Waals surface area contributed by atoms with Gasteiger partial charge in [-0.25, -0.2) is 0 Å². The van der Waals surface area contributed by atoms with Crippen LogP contribution in [0.1, 0.15) is 22.3 Å². The van der Waals surface area contributed by atoms with E-state index in [1.54, 1.807) is 6.08 Å². The smallest absolute Gasteiger partial charge is 0.116 e. The SMILES string of the molecule is C=C[C@H]1OC(COCc2ccccc2)[C@H](OCc2ccccc2)C(OCc2ccccc2)C1OCc1ccccc1. The maximum absolute atomic E-state index is 6.66. The van der Waals surface area contributed by atoms with Crippen LogP contribution in [0.5, 0.6) is 0 Å². The molecule has 0 radical (unpaired) electrons. The second kappa shape index (κ2) is 15.4. The molecule has 0 saturated carbocycles. The van der Waals surface area contributed by atoms with Crippen molar-refractivity contribution in [2.45, 2.75) is 56.9 Å². The molecule has 3 unspecified atom stereocenters. The van der Waals surface area contributed by atoms with Gasteiger partial charge in [0.15, 0.2) is 0 Å². The molecule has 0 aromatic heterocycles. The zero-order valence-electron chi connectivity index (χ0n) is 23.3. The van der Waals surface area contributed by atoms with Crippen molar-refractivity contribution in [2.75, 3.05) is 6.61 Å². The quantitative estimate of drug-likeness (QED) is 0.160. The van der Waals surface area contributed by atoms with Crippen molar-refractivity contribution in [3.8, 4) is 0 Å². The Morgan fingerprint density at radius 3 is 1.34 bits per heavy atom. The van der Waals surface area contributed by atoms with E-state index >= 15 is 0 Å². The Bertz CT molecular complexity index is 1280. The summed E-state index contributed by atoms with van der Waals surface area (Å²) < 4.78 is 32.6. The Morgan fingerprint density at radius 2 is 0.902 bits per heavy atom. The molecule has 4 aromatic rings. The summed E-state index contributed by atoms with van der Waals surface area (Å²) in [6.45, 7) is 6.16. The summed E-state index contributed by atoms with van der Waals surface area (Å²) in [4.78, 5) is 0. The van der Waals surface area contributed by atoms with Crippen molar-refractivity contribution < 1.29 is 23.7 Å². The monoisotopic (exact) mass is 550 g/mol. The zero-order valence-corrected chi connectivity index (χ0v) is 23.3. The first-order valence-electron chi connectivity index (χ1n) is 14.2. The highest BCUT2D eigenvalue weighted by molar-refractivity contribution is 5.17. The van der Waals surface area contributed by atoms with Gasteiger partial charge in [0.05, 0.1) is 33.0 Å². The lowest BCUT2D eigenvalue weighted by Crippen LogP contribution is -2.60. The third-order valence-corrected chi connectivity index (χ3v) is 7.15. The van der Waals surface area contributed by atoms with Crippen LogP contribution >= 0.6 is 0 Å². The van der Waals surface area contributed by atoms with Gasteiger partial charge in [-0.1, -0.05) is 127 Å². The van der Waals surface area contributed by atoms with Crippen molar-refractivity contribution in [1.29, 1.82) is 0 Å². The molecule has 5 nitrogen and oxygen atoms in total. The number of hydrogen-bond donors (Lipinski definition) is 0. The normalized spacial score (nSPS) is 22.3. The lowest BCUT2D eigenvalue weighted by atomic mass is 9.94. The summed E-state index contributed by atoms with van der Waals surface area (Å²) >= 11 is 0. The van der Waals surface area contributed by atoms with Gasteiger partial charge in [-0.2, -0.15) is 0 Å². The molecule has 0 bridgehead atoms. The van der Waals surface area contributed by atoms with Crippen molar-refractivity contribution >= 4 is 0 Å². The van der Waals surface area contributed by atoms with E-state index in [4.69, 9.17) is 23.7 Å². The summed E-state index contributed by atoms with van der Waals surface area (Å²) in [5, 5.41) is 0. The Kier molecular flexibility index (Phi) is 10.9. The van der Waals surface area contributed by atoms with Crippen molar-refractivity contribution in [1.82, 2.24) is 0 Å². The van der Waals surface area contributed by atoms with Gasteiger partial charge in [0, 0.05) is 0 Å². The molecule has 5 heteroatoms. The van der Waals surface area contributed by atoms with E-state index in [0.29, 0.717) is 33.0 Å².